The van der Waals surface area contributed by atoms with Gasteiger partial charge >= 0.3 is 11.9 Å². The van der Waals surface area contributed by atoms with Crippen LogP contribution in [-0.4, -0.2) is 113 Å². The second kappa shape index (κ2) is 16.5. The number of hydrogen-bond acceptors (Lipinski definition) is 12. The number of aliphatic hydroxyl groups is 6. The van der Waals surface area contributed by atoms with Gasteiger partial charge in [0.15, 0.2) is 23.1 Å². The first-order valence-electron chi connectivity index (χ1n) is 22.0. The molecule has 334 valence electrons. The van der Waals surface area contributed by atoms with Crippen LogP contribution in [0.1, 0.15) is 130 Å². The van der Waals surface area contributed by atoms with Gasteiger partial charge in [-0.3, -0.25) is 28.8 Å². The number of allylic oxidation sites excluding steroid dienone is 2. The highest BCUT2D eigenvalue weighted by Gasteiger charge is 2.70. The van der Waals surface area contributed by atoms with Crippen molar-refractivity contribution in [3.8, 4) is 0 Å². The molecule has 0 unspecified atom stereocenters. The molecular formula is C46H66O14. The van der Waals surface area contributed by atoms with Crippen LogP contribution in [0.15, 0.2) is 23.3 Å². The van der Waals surface area contributed by atoms with E-state index in [1.807, 2.05) is 13.8 Å². The van der Waals surface area contributed by atoms with Crippen LogP contribution in [0.5, 0.6) is 0 Å². The van der Waals surface area contributed by atoms with Crippen LogP contribution >= 0.6 is 0 Å². The van der Waals surface area contributed by atoms with Gasteiger partial charge in [-0.1, -0.05) is 38.8 Å². The first kappa shape index (κ1) is 46.4. The number of ketones is 4. The fraction of sp³-hybridized carbons (Fsp3) is 0.783. The maximum absolute atomic E-state index is 12.4. The molecule has 0 spiro atoms. The van der Waals surface area contributed by atoms with E-state index < -0.39 is 71.0 Å². The van der Waals surface area contributed by atoms with Gasteiger partial charge in [-0.2, -0.15) is 0 Å². The van der Waals surface area contributed by atoms with E-state index in [4.69, 9.17) is 10.2 Å². The molecule has 0 aromatic carbocycles. The van der Waals surface area contributed by atoms with E-state index in [1.54, 1.807) is 12.2 Å². The largest absolute Gasteiger partial charge is 0.481 e. The molecule has 14 heteroatoms. The second-order valence-corrected chi connectivity index (χ2v) is 20.4. The average Bonchev–Trinajstić information content (AvgIpc) is 3.62. The molecule has 0 heterocycles. The van der Waals surface area contributed by atoms with Gasteiger partial charge in [-0.05, 0) is 136 Å². The highest BCUT2D eigenvalue weighted by atomic mass is 16.4. The zero-order valence-electron chi connectivity index (χ0n) is 35.5. The van der Waals surface area contributed by atoms with Gasteiger partial charge in [0.05, 0.1) is 25.0 Å². The first-order chi connectivity index (χ1) is 28.0. The topological polar surface area (TPSA) is 264 Å². The van der Waals surface area contributed by atoms with Crippen molar-refractivity contribution in [1.82, 2.24) is 0 Å². The Kier molecular flexibility index (Phi) is 12.8. The van der Waals surface area contributed by atoms with Crippen molar-refractivity contribution in [3.63, 3.8) is 0 Å². The Morgan fingerprint density at radius 1 is 0.583 bits per heavy atom. The van der Waals surface area contributed by atoms with E-state index in [0.717, 1.165) is 51.4 Å². The van der Waals surface area contributed by atoms with Crippen LogP contribution in [0.3, 0.4) is 0 Å². The molecule has 8 aliphatic carbocycles. The highest BCUT2D eigenvalue weighted by Crippen LogP contribution is 2.69. The maximum Gasteiger partial charge on any atom is 0.303 e. The molecule has 0 bridgehead atoms. The van der Waals surface area contributed by atoms with Gasteiger partial charge < -0.3 is 40.9 Å². The van der Waals surface area contributed by atoms with Gasteiger partial charge in [0.1, 0.15) is 24.4 Å². The van der Waals surface area contributed by atoms with E-state index in [-0.39, 0.29) is 70.7 Å². The number of carbonyl (C=O) groups is 6. The molecule has 0 amide bonds. The van der Waals surface area contributed by atoms with E-state index in [2.05, 4.69) is 13.8 Å². The molecule has 8 rings (SSSR count). The third-order valence-electron chi connectivity index (χ3n) is 17.9. The number of hydrogen-bond donors (Lipinski definition) is 8. The lowest BCUT2D eigenvalue weighted by molar-refractivity contribution is -0.182. The highest BCUT2D eigenvalue weighted by molar-refractivity contribution is 5.92. The Labute approximate surface area is 351 Å². The lowest BCUT2D eigenvalue weighted by Gasteiger charge is -2.60. The lowest BCUT2D eigenvalue weighted by Crippen LogP contribution is -2.62. The van der Waals surface area contributed by atoms with Crippen LogP contribution in [0, 0.1) is 57.2 Å². The van der Waals surface area contributed by atoms with Crippen molar-refractivity contribution in [2.45, 2.75) is 154 Å². The molecular weight excluding hydrogens is 776 g/mol. The summed E-state index contributed by atoms with van der Waals surface area (Å²) < 4.78 is 0. The van der Waals surface area contributed by atoms with E-state index in [9.17, 15) is 59.4 Å². The molecule has 6 fully saturated rings. The molecule has 14 nitrogen and oxygen atoms in total. The Bertz CT molecular complexity index is 1710. The lowest BCUT2D eigenvalue weighted by atomic mass is 9.45. The molecule has 60 heavy (non-hydrogen) atoms. The van der Waals surface area contributed by atoms with Gasteiger partial charge in [0.2, 0.25) is 0 Å². The smallest absolute Gasteiger partial charge is 0.303 e. The third kappa shape index (κ3) is 7.28. The molecule has 0 aliphatic heterocycles. The van der Waals surface area contributed by atoms with Gasteiger partial charge in [0, 0.05) is 23.7 Å². The predicted molar refractivity (Wildman–Crippen MR) is 215 cm³/mol. The summed E-state index contributed by atoms with van der Waals surface area (Å²) in [7, 11) is 0. The molecule has 6 saturated carbocycles. The van der Waals surface area contributed by atoms with Crippen LogP contribution in [0.25, 0.3) is 0 Å². The van der Waals surface area contributed by atoms with Gasteiger partial charge in [0.25, 0.3) is 0 Å². The monoisotopic (exact) mass is 842 g/mol. The van der Waals surface area contributed by atoms with Crippen molar-refractivity contribution in [2.75, 3.05) is 13.2 Å². The molecule has 0 aromatic heterocycles. The molecule has 0 radical (unpaired) electrons. The normalized spacial score (nSPS) is 44.9. The summed E-state index contributed by atoms with van der Waals surface area (Å²) in [6.45, 7) is 6.92. The summed E-state index contributed by atoms with van der Waals surface area (Å²) in [6.07, 6.45) is 10.9. The minimum Gasteiger partial charge on any atom is -0.481 e. The number of carboxylic acid groups (broad SMARTS) is 2. The van der Waals surface area contributed by atoms with Gasteiger partial charge in [-0.25, -0.2) is 0 Å². The zero-order valence-corrected chi connectivity index (χ0v) is 35.5. The number of aliphatic carboxylic acids is 2. The standard InChI is InChI=1S/2C21H30O5.C4H6O4/c2*1-19-7-5-13(23)9-12(19)3-4-14-15-6-8-21(26,17(25)11-22)20(15,2)10-16(24)18(14)19;5-3(6)1-2-4(7)8/h2*9,14-16,18,22,24,26H,3-8,10-11H2,1-2H3;1-2H2,(H,5,6)(H,7,8)/t2*14-,15-,16-,18+,19-,20-,21-;/m00./s1. The van der Waals surface area contributed by atoms with Crippen molar-refractivity contribution < 1.29 is 69.6 Å². The van der Waals surface area contributed by atoms with E-state index in [1.165, 1.54) is 11.1 Å². The number of aliphatic hydroxyl groups excluding tert-OH is 4. The molecule has 8 N–H and O–H groups in total. The minimum absolute atomic E-state index is 0.0697. The predicted octanol–water partition coefficient (Wildman–Crippen LogP) is 3.50. The maximum atomic E-state index is 12.4. The number of Topliss-reactive ketones (excluding diaryl/α,β-unsaturated/α-hetero) is 2. The first-order valence-corrected chi connectivity index (χ1v) is 22.0. The number of carboxylic acids is 2. The molecule has 8 aliphatic rings. The summed E-state index contributed by atoms with van der Waals surface area (Å²) >= 11 is 0. The zero-order chi connectivity index (χ0) is 44.4. The Hall–Kier alpha value is -3.14. The van der Waals surface area contributed by atoms with Crippen LogP contribution in [0.2, 0.25) is 0 Å². The number of carbonyl (C=O) groups excluding carboxylic acids is 4. The Balaban J connectivity index is 0.000000171. The summed E-state index contributed by atoms with van der Waals surface area (Å²) in [5.74, 6) is -1.87. The SMILES string of the molecule is C[C@]12CCC(=O)C=C1CC[C@@H]1[C@@H]2[C@@H](O)C[C@@]2(C)[C@H]1CC[C@]2(O)C(=O)CO.C[C@]12CCC(=O)C=C1CC[C@@H]1[C@@H]2[C@@H](O)C[C@@]2(C)[C@H]1CC[C@]2(O)C(=O)CO.O=C(O)CCC(=O)O. The summed E-state index contributed by atoms with van der Waals surface area (Å²) in [6, 6.07) is 0. The fourth-order valence-corrected chi connectivity index (χ4v) is 14.8. The third-order valence-corrected chi connectivity index (χ3v) is 17.9. The number of rotatable bonds is 7. The minimum atomic E-state index is -1.54. The van der Waals surface area contributed by atoms with E-state index in [0.29, 0.717) is 38.5 Å². The van der Waals surface area contributed by atoms with Crippen LogP contribution in [0.4, 0.5) is 0 Å². The van der Waals surface area contributed by atoms with E-state index >= 15 is 0 Å². The van der Waals surface area contributed by atoms with Crippen molar-refractivity contribution >= 4 is 35.1 Å². The van der Waals surface area contributed by atoms with Crippen LogP contribution < -0.4 is 0 Å². The van der Waals surface area contributed by atoms with Crippen molar-refractivity contribution in [3.05, 3.63) is 23.3 Å². The van der Waals surface area contributed by atoms with Crippen molar-refractivity contribution in [1.29, 1.82) is 0 Å². The molecule has 14 atom stereocenters. The Morgan fingerprint density at radius 2 is 0.933 bits per heavy atom. The van der Waals surface area contributed by atoms with Crippen LogP contribution in [-0.2, 0) is 28.8 Å². The summed E-state index contributed by atoms with van der Waals surface area (Å²) in [5.41, 5.74) is -2.46. The average molecular weight is 843 g/mol. The van der Waals surface area contributed by atoms with Gasteiger partial charge in [-0.15, -0.1) is 0 Å². The quantitative estimate of drug-likeness (QED) is 0.183. The second-order valence-electron chi connectivity index (χ2n) is 20.4. The Morgan fingerprint density at radius 3 is 1.25 bits per heavy atom. The molecule has 0 aromatic rings. The fourth-order valence-electron chi connectivity index (χ4n) is 14.8. The van der Waals surface area contributed by atoms with Crippen molar-refractivity contribution in [2.24, 2.45) is 57.2 Å². The summed E-state index contributed by atoms with van der Waals surface area (Å²) in [4.78, 5) is 67.8. The number of fused-ring (bicyclic) bond motifs is 10. The summed E-state index contributed by atoms with van der Waals surface area (Å²) in [5, 5.41) is 79.2. The molecule has 0 saturated heterocycles.